The van der Waals surface area contributed by atoms with Crippen molar-refractivity contribution < 1.29 is 8.42 Å². The molecule has 25 heavy (non-hydrogen) atoms. The number of halogens is 1. The van der Waals surface area contributed by atoms with Gasteiger partial charge in [0.25, 0.3) is 0 Å². The number of aryl methyl sites for hydroxylation is 2. The Bertz CT molecular complexity index is 628. The van der Waals surface area contributed by atoms with Crippen molar-refractivity contribution in [1.82, 2.24) is 15.4 Å². The van der Waals surface area contributed by atoms with E-state index < -0.39 is 10.0 Å². The lowest BCUT2D eigenvalue weighted by Gasteiger charge is -2.12. The molecule has 8 heteroatoms. The van der Waals surface area contributed by atoms with Crippen LogP contribution >= 0.6 is 24.0 Å². The van der Waals surface area contributed by atoms with E-state index in [0.717, 1.165) is 18.9 Å². The first-order valence-electron chi connectivity index (χ1n) is 8.35. The molecule has 1 aromatic rings. The predicted octanol–water partition coefficient (Wildman–Crippen LogP) is 1.96. The summed E-state index contributed by atoms with van der Waals surface area (Å²) >= 11 is 0. The van der Waals surface area contributed by atoms with Gasteiger partial charge >= 0.3 is 0 Å². The Morgan fingerprint density at radius 3 is 2.20 bits per heavy atom. The zero-order valence-electron chi connectivity index (χ0n) is 15.6. The fraction of sp³-hybridized carbons (Fsp3) is 0.588. The maximum Gasteiger partial charge on any atom is 0.211 e. The van der Waals surface area contributed by atoms with Gasteiger partial charge in [0.1, 0.15) is 0 Å². The Balaban J connectivity index is 0.00000576. The number of benzene rings is 1. The van der Waals surface area contributed by atoms with Crippen LogP contribution in [0.2, 0.25) is 0 Å². The van der Waals surface area contributed by atoms with Crippen LogP contribution in [0.5, 0.6) is 0 Å². The predicted molar refractivity (Wildman–Crippen MR) is 116 cm³/mol. The third-order valence-corrected chi connectivity index (χ3v) is 4.96. The Hall–Kier alpha value is -0.870. The maximum atomic E-state index is 11.3. The largest absolute Gasteiger partial charge is 0.356 e. The summed E-state index contributed by atoms with van der Waals surface area (Å²) in [5.41, 5.74) is 3.87. The molecule has 6 nitrogen and oxygen atoms in total. The van der Waals surface area contributed by atoms with Gasteiger partial charge in [0.15, 0.2) is 5.96 Å². The number of guanidine groups is 1. The molecular weight excluding hydrogens is 451 g/mol. The minimum absolute atomic E-state index is 0. The lowest BCUT2D eigenvalue weighted by molar-refractivity contribution is 0.579. The van der Waals surface area contributed by atoms with Crippen LogP contribution in [0.25, 0.3) is 0 Å². The Kier molecular flexibility index (Phi) is 12.0. The van der Waals surface area contributed by atoms with E-state index in [-0.39, 0.29) is 29.7 Å². The van der Waals surface area contributed by atoms with E-state index in [1.54, 1.807) is 14.0 Å². The molecule has 0 saturated heterocycles. The van der Waals surface area contributed by atoms with Crippen LogP contribution in [0, 0.1) is 13.8 Å². The van der Waals surface area contributed by atoms with Crippen LogP contribution in [0.15, 0.2) is 23.2 Å². The van der Waals surface area contributed by atoms with Gasteiger partial charge in [-0.3, -0.25) is 4.99 Å². The second kappa shape index (κ2) is 12.5. The first kappa shape index (κ1) is 24.1. The van der Waals surface area contributed by atoms with Gasteiger partial charge in [-0.15, -0.1) is 24.0 Å². The smallest absolute Gasteiger partial charge is 0.211 e. The number of rotatable bonds is 9. The average molecular weight is 482 g/mol. The maximum absolute atomic E-state index is 11.3. The molecule has 0 heterocycles. The summed E-state index contributed by atoms with van der Waals surface area (Å²) in [6, 6.07) is 6.57. The monoisotopic (exact) mass is 482 g/mol. The van der Waals surface area contributed by atoms with Crippen LogP contribution in [0.4, 0.5) is 0 Å². The van der Waals surface area contributed by atoms with Gasteiger partial charge in [0.05, 0.1) is 5.75 Å². The number of nitrogens with one attached hydrogen (secondary N) is 3. The first-order chi connectivity index (χ1) is 11.4. The number of nitrogens with zero attached hydrogens (tertiary/aromatic N) is 1. The summed E-state index contributed by atoms with van der Waals surface area (Å²) in [5.74, 6) is 0.847. The van der Waals surface area contributed by atoms with E-state index in [2.05, 4.69) is 52.4 Å². The summed E-state index contributed by atoms with van der Waals surface area (Å²) in [6.07, 6.45) is 1.64. The summed E-state index contributed by atoms with van der Waals surface area (Å²) in [4.78, 5) is 4.17. The lowest BCUT2D eigenvalue weighted by Crippen LogP contribution is -2.39. The zero-order valence-corrected chi connectivity index (χ0v) is 18.7. The van der Waals surface area contributed by atoms with E-state index in [1.165, 1.54) is 16.7 Å². The molecule has 1 rings (SSSR count). The van der Waals surface area contributed by atoms with Crippen LogP contribution in [-0.4, -0.2) is 46.8 Å². The van der Waals surface area contributed by atoms with Gasteiger partial charge in [0, 0.05) is 26.7 Å². The summed E-state index contributed by atoms with van der Waals surface area (Å²) < 4.78 is 25.2. The molecule has 0 aromatic heterocycles. The molecule has 0 fully saturated rings. The van der Waals surface area contributed by atoms with Crippen molar-refractivity contribution in [2.24, 2.45) is 4.99 Å². The number of hydrogen-bond acceptors (Lipinski definition) is 3. The topological polar surface area (TPSA) is 82.6 Å². The molecule has 0 amide bonds. The molecule has 0 atom stereocenters. The average Bonchev–Trinajstić information content (AvgIpc) is 2.52. The van der Waals surface area contributed by atoms with Crippen molar-refractivity contribution in [2.45, 2.75) is 33.6 Å². The lowest BCUT2D eigenvalue weighted by atomic mass is 10.1. The normalized spacial score (nSPS) is 11.8. The van der Waals surface area contributed by atoms with Gasteiger partial charge in [-0.25, -0.2) is 13.1 Å². The molecule has 0 saturated carbocycles. The summed E-state index contributed by atoms with van der Waals surface area (Å²) in [5, 5.41) is 6.46. The van der Waals surface area contributed by atoms with E-state index in [0.29, 0.717) is 19.5 Å². The van der Waals surface area contributed by atoms with Crippen LogP contribution in [0.3, 0.4) is 0 Å². The second-order valence-corrected chi connectivity index (χ2v) is 7.92. The molecule has 144 valence electrons. The summed E-state index contributed by atoms with van der Waals surface area (Å²) in [7, 11) is -1.37. The fourth-order valence-electron chi connectivity index (χ4n) is 2.38. The van der Waals surface area contributed by atoms with Crippen molar-refractivity contribution >= 4 is 40.0 Å². The molecule has 0 unspecified atom stereocenters. The molecule has 3 N–H and O–H groups in total. The molecule has 0 spiro atoms. The van der Waals surface area contributed by atoms with Crippen LogP contribution in [-0.2, 0) is 16.4 Å². The highest BCUT2D eigenvalue weighted by molar-refractivity contribution is 14.0. The van der Waals surface area contributed by atoms with Gasteiger partial charge in [-0.1, -0.05) is 29.3 Å². The SMILES string of the molecule is CCS(=O)(=O)NCCCNC(=NC)NCCc1cc(C)cc(C)c1.I. The minimum atomic E-state index is -3.10. The van der Waals surface area contributed by atoms with E-state index in [4.69, 9.17) is 0 Å². The minimum Gasteiger partial charge on any atom is -0.356 e. The molecule has 0 aliphatic rings. The van der Waals surface area contributed by atoms with E-state index >= 15 is 0 Å². The van der Waals surface area contributed by atoms with Gasteiger partial charge in [-0.2, -0.15) is 0 Å². The number of aliphatic imine (C=N–C) groups is 1. The molecule has 1 aromatic carbocycles. The highest BCUT2D eigenvalue weighted by Gasteiger charge is 2.04. The molecular formula is C17H31IN4O2S. The van der Waals surface area contributed by atoms with Crippen LogP contribution in [0.1, 0.15) is 30.0 Å². The van der Waals surface area contributed by atoms with E-state index in [9.17, 15) is 8.42 Å². The zero-order chi connectivity index (χ0) is 18.0. The second-order valence-electron chi connectivity index (χ2n) is 5.82. The van der Waals surface area contributed by atoms with Crippen molar-refractivity contribution in [2.75, 3.05) is 32.4 Å². The van der Waals surface area contributed by atoms with Gasteiger partial charge in [0.2, 0.25) is 10.0 Å². The number of sulfonamides is 1. The molecule has 0 aliphatic carbocycles. The van der Waals surface area contributed by atoms with Gasteiger partial charge < -0.3 is 10.6 Å². The van der Waals surface area contributed by atoms with Crippen molar-refractivity contribution in [3.8, 4) is 0 Å². The fourth-order valence-corrected chi connectivity index (χ4v) is 3.04. The van der Waals surface area contributed by atoms with Crippen LogP contribution < -0.4 is 15.4 Å². The molecule has 0 bridgehead atoms. The molecule has 0 aliphatic heterocycles. The first-order valence-corrected chi connectivity index (χ1v) is 10.0. The third kappa shape index (κ3) is 10.7. The Morgan fingerprint density at radius 2 is 1.64 bits per heavy atom. The van der Waals surface area contributed by atoms with Gasteiger partial charge in [-0.05, 0) is 39.2 Å². The number of hydrogen-bond donors (Lipinski definition) is 3. The highest BCUT2D eigenvalue weighted by Crippen LogP contribution is 2.08. The van der Waals surface area contributed by atoms with Crippen molar-refractivity contribution in [1.29, 1.82) is 0 Å². The quantitative estimate of drug-likeness (QED) is 0.218. The third-order valence-electron chi connectivity index (χ3n) is 3.56. The Labute approximate surface area is 169 Å². The van der Waals surface area contributed by atoms with Crippen molar-refractivity contribution in [3.63, 3.8) is 0 Å². The standard InChI is InChI=1S/C17H30N4O2S.HI/c1-5-24(22,23)21-9-6-8-19-17(18-4)20-10-7-16-12-14(2)11-15(3)13-16;/h11-13,21H,5-10H2,1-4H3,(H2,18,19,20);1H. The molecule has 0 radical (unpaired) electrons. The highest BCUT2D eigenvalue weighted by atomic mass is 127. The Morgan fingerprint density at radius 1 is 1.04 bits per heavy atom. The summed E-state index contributed by atoms with van der Waals surface area (Å²) in [6.45, 7) is 7.74. The van der Waals surface area contributed by atoms with Crippen molar-refractivity contribution in [3.05, 3.63) is 34.9 Å². The van der Waals surface area contributed by atoms with E-state index in [1.807, 2.05) is 0 Å².